The summed E-state index contributed by atoms with van der Waals surface area (Å²) in [6.07, 6.45) is -9.41. The van der Waals surface area contributed by atoms with Crippen molar-refractivity contribution in [2.24, 2.45) is 7.05 Å². The highest BCUT2D eigenvalue weighted by Gasteiger charge is 2.38. The van der Waals surface area contributed by atoms with E-state index in [9.17, 15) is 35.9 Å². The van der Waals surface area contributed by atoms with E-state index in [0.29, 0.717) is 23.9 Å². The van der Waals surface area contributed by atoms with Crippen molar-refractivity contribution in [1.82, 2.24) is 9.36 Å². The summed E-state index contributed by atoms with van der Waals surface area (Å²) >= 11 is 0. The predicted octanol–water partition coefficient (Wildman–Crippen LogP) is 4.24. The predicted molar refractivity (Wildman–Crippen MR) is 88.1 cm³/mol. The normalized spacial score (nSPS) is 12.5. The average Bonchev–Trinajstić information content (AvgIpc) is 2.84. The highest BCUT2D eigenvalue weighted by Crippen LogP contribution is 2.37. The van der Waals surface area contributed by atoms with Gasteiger partial charge in [0.25, 0.3) is 5.56 Å². The molecule has 0 radical (unpaired) electrons. The molecule has 148 valence electrons. The number of benzene rings is 2. The molecule has 0 bridgehead atoms. The number of aromatic nitrogens is 2. The number of fused-ring (bicyclic) bond motifs is 1. The van der Waals surface area contributed by atoms with Gasteiger partial charge in [0.2, 0.25) is 0 Å². The minimum Gasteiger partial charge on any atom is -0.298 e. The molecule has 4 nitrogen and oxygen atoms in total. The van der Waals surface area contributed by atoms with Crippen molar-refractivity contribution in [2.75, 3.05) is 0 Å². The molecule has 0 aliphatic rings. The lowest BCUT2D eigenvalue weighted by atomic mass is 10.0. The first kappa shape index (κ1) is 19.7. The largest absolute Gasteiger partial charge is 0.416 e. The van der Waals surface area contributed by atoms with Gasteiger partial charge >= 0.3 is 12.4 Å². The molecule has 3 aromatic rings. The molecule has 1 aromatic heterocycles. The van der Waals surface area contributed by atoms with Crippen molar-refractivity contribution in [3.63, 3.8) is 0 Å². The first-order valence-corrected chi connectivity index (χ1v) is 7.85. The maximum atomic E-state index is 13.3. The highest BCUT2D eigenvalue weighted by atomic mass is 19.4. The third kappa shape index (κ3) is 3.41. The molecular weight excluding hydrogens is 390 g/mol. The Hall–Kier alpha value is -3.04. The van der Waals surface area contributed by atoms with E-state index in [1.165, 1.54) is 29.9 Å². The summed E-state index contributed by atoms with van der Waals surface area (Å²) in [5.74, 6) is 0. The van der Waals surface area contributed by atoms with Gasteiger partial charge in [0.05, 0.1) is 28.6 Å². The number of carbonyl (C=O) groups is 1. The van der Waals surface area contributed by atoms with Crippen LogP contribution in [0.25, 0.3) is 10.9 Å². The van der Waals surface area contributed by atoms with E-state index < -0.39 is 41.1 Å². The van der Waals surface area contributed by atoms with Gasteiger partial charge in [-0.05, 0) is 29.8 Å². The molecule has 0 unspecified atom stereocenters. The molecule has 0 aliphatic heterocycles. The number of rotatable bonds is 3. The Morgan fingerprint density at radius 3 is 2.21 bits per heavy atom. The molecule has 0 spiro atoms. The smallest absolute Gasteiger partial charge is 0.298 e. The molecule has 0 saturated heterocycles. The van der Waals surface area contributed by atoms with Gasteiger partial charge in [0.1, 0.15) is 6.29 Å². The molecule has 3 rings (SSSR count). The number of carbonyl (C=O) groups excluding carboxylic acids is 1. The van der Waals surface area contributed by atoms with Crippen LogP contribution in [-0.2, 0) is 25.9 Å². The summed E-state index contributed by atoms with van der Waals surface area (Å²) in [6.45, 7) is -0.590. The summed E-state index contributed by atoms with van der Waals surface area (Å²) in [5, 5.41) is 0.175. The van der Waals surface area contributed by atoms with Crippen LogP contribution in [0.15, 0.2) is 41.2 Å². The van der Waals surface area contributed by atoms with Crippen molar-refractivity contribution in [3.05, 3.63) is 69.0 Å². The second-order valence-electron chi connectivity index (χ2n) is 6.15. The van der Waals surface area contributed by atoms with Crippen LogP contribution in [0.2, 0.25) is 0 Å². The lowest BCUT2D eigenvalue weighted by Crippen LogP contribution is -2.24. The SMILES string of the molecule is Cn1c2cc(C=O)ccc2c(=O)n1Cc1ccc(C(F)(F)F)cc1C(F)(F)F. The minimum absolute atomic E-state index is 0.0352. The van der Waals surface area contributed by atoms with Crippen LogP contribution in [0.4, 0.5) is 26.3 Å². The van der Waals surface area contributed by atoms with Crippen LogP contribution < -0.4 is 5.56 Å². The van der Waals surface area contributed by atoms with Crippen molar-refractivity contribution in [2.45, 2.75) is 18.9 Å². The van der Waals surface area contributed by atoms with E-state index in [1.807, 2.05) is 0 Å². The van der Waals surface area contributed by atoms with Crippen LogP contribution in [-0.4, -0.2) is 15.6 Å². The molecule has 0 N–H and O–H groups in total. The molecule has 0 saturated carbocycles. The molecule has 0 amide bonds. The highest BCUT2D eigenvalue weighted by molar-refractivity contribution is 5.86. The number of hydrogen-bond donors (Lipinski definition) is 0. The van der Waals surface area contributed by atoms with Crippen molar-refractivity contribution in [3.8, 4) is 0 Å². The third-order valence-corrected chi connectivity index (χ3v) is 4.40. The first-order chi connectivity index (χ1) is 12.9. The van der Waals surface area contributed by atoms with Gasteiger partial charge < -0.3 is 0 Å². The van der Waals surface area contributed by atoms with Crippen LogP contribution in [0.5, 0.6) is 0 Å². The fourth-order valence-corrected chi connectivity index (χ4v) is 2.97. The van der Waals surface area contributed by atoms with Crippen LogP contribution >= 0.6 is 0 Å². The van der Waals surface area contributed by atoms with Gasteiger partial charge in [0.15, 0.2) is 0 Å². The van der Waals surface area contributed by atoms with E-state index in [-0.39, 0.29) is 17.0 Å². The second-order valence-corrected chi connectivity index (χ2v) is 6.15. The van der Waals surface area contributed by atoms with Crippen molar-refractivity contribution < 1.29 is 31.1 Å². The molecule has 0 aliphatic carbocycles. The van der Waals surface area contributed by atoms with Crippen molar-refractivity contribution in [1.29, 1.82) is 0 Å². The number of nitrogens with zero attached hydrogens (tertiary/aromatic N) is 2. The summed E-state index contributed by atoms with van der Waals surface area (Å²) in [4.78, 5) is 23.4. The number of alkyl halides is 6. The molecule has 28 heavy (non-hydrogen) atoms. The first-order valence-electron chi connectivity index (χ1n) is 7.85. The fourth-order valence-electron chi connectivity index (χ4n) is 2.97. The van der Waals surface area contributed by atoms with E-state index in [1.54, 1.807) is 0 Å². The van der Waals surface area contributed by atoms with E-state index >= 15 is 0 Å². The summed E-state index contributed by atoms with van der Waals surface area (Å²) < 4.78 is 80.6. The molecule has 2 aromatic carbocycles. The monoisotopic (exact) mass is 402 g/mol. The summed E-state index contributed by atoms with van der Waals surface area (Å²) in [5.41, 5.74) is -3.41. The van der Waals surface area contributed by atoms with Gasteiger partial charge in [-0.15, -0.1) is 0 Å². The molecule has 10 heteroatoms. The molecular formula is C18H12F6N2O2. The van der Waals surface area contributed by atoms with Gasteiger partial charge in [-0.2, -0.15) is 26.3 Å². The zero-order valence-electron chi connectivity index (χ0n) is 14.2. The second kappa shape index (κ2) is 6.54. The minimum atomic E-state index is -5.03. The summed E-state index contributed by atoms with van der Waals surface area (Å²) in [6, 6.07) is 5.45. The van der Waals surface area contributed by atoms with Crippen LogP contribution in [0.1, 0.15) is 27.0 Å². The zero-order valence-corrected chi connectivity index (χ0v) is 14.2. The summed E-state index contributed by atoms with van der Waals surface area (Å²) in [7, 11) is 1.41. The molecule has 0 fully saturated rings. The average molecular weight is 402 g/mol. The Balaban J connectivity index is 2.16. The lowest BCUT2D eigenvalue weighted by molar-refractivity contribution is -0.143. The van der Waals surface area contributed by atoms with E-state index in [2.05, 4.69) is 0 Å². The Morgan fingerprint density at radius 2 is 1.64 bits per heavy atom. The topological polar surface area (TPSA) is 44.0 Å². The quantitative estimate of drug-likeness (QED) is 0.486. The zero-order chi connectivity index (χ0) is 20.9. The van der Waals surface area contributed by atoms with Crippen LogP contribution in [0, 0.1) is 0 Å². The maximum absolute atomic E-state index is 13.3. The lowest BCUT2D eigenvalue weighted by Gasteiger charge is -2.17. The van der Waals surface area contributed by atoms with Gasteiger partial charge in [0, 0.05) is 12.6 Å². The molecule has 1 heterocycles. The van der Waals surface area contributed by atoms with Gasteiger partial charge in [-0.3, -0.25) is 14.3 Å². The van der Waals surface area contributed by atoms with Crippen molar-refractivity contribution >= 4 is 17.2 Å². The fraction of sp³-hybridized carbons (Fsp3) is 0.222. The Labute approximate surface area is 153 Å². The standard InChI is InChI=1S/C18H12F6N2O2/c1-25-15-6-10(9-27)2-5-13(15)16(28)26(25)8-11-3-4-12(17(19,20)21)7-14(11)18(22,23)24/h2-7,9H,8H2,1H3. The van der Waals surface area contributed by atoms with E-state index in [0.717, 1.165) is 4.68 Å². The van der Waals surface area contributed by atoms with E-state index in [4.69, 9.17) is 0 Å². The Morgan fingerprint density at radius 1 is 0.964 bits per heavy atom. The number of halogens is 6. The molecule has 0 atom stereocenters. The third-order valence-electron chi connectivity index (χ3n) is 4.40. The number of aryl methyl sites for hydroxylation is 1. The Kier molecular flexibility index (Phi) is 4.60. The maximum Gasteiger partial charge on any atom is 0.416 e. The number of hydrogen-bond acceptors (Lipinski definition) is 2. The van der Waals surface area contributed by atoms with Gasteiger partial charge in [-0.25, -0.2) is 4.68 Å². The number of aldehydes is 1. The Bertz CT molecular complexity index is 1120. The van der Waals surface area contributed by atoms with Crippen LogP contribution in [0.3, 0.4) is 0 Å². The van der Waals surface area contributed by atoms with Gasteiger partial charge in [-0.1, -0.05) is 12.1 Å².